The van der Waals surface area contributed by atoms with Gasteiger partial charge in [-0.15, -0.1) is 0 Å². The van der Waals surface area contributed by atoms with E-state index in [9.17, 15) is 4.39 Å². The molecule has 1 heterocycles. The zero-order valence-corrected chi connectivity index (χ0v) is 15.0. The van der Waals surface area contributed by atoms with Crippen molar-refractivity contribution in [3.63, 3.8) is 0 Å². The van der Waals surface area contributed by atoms with Crippen LogP contribution in [-0.2, 0) is 0 Å². The zero-order chi connectivity index (χ0) is 18.5. The van der Waals surface area contributed by atoms with Crippen LogP contribution in [0.4, 0.5) is 27.4 Å². The lowest BCUT2D eigenvalue weighted by Crippen LogP contribution is -2.08. The number of nitrogens with one attached hydrogen (secondary N) is 2. The molecule has 0 atom stereocenters. The van der Waals surface area contributed by atoms with Crippen LogP contribution in [0.1, 0.15) is 19.7 Å². The van der Waals surface area contributed by atoms with E-state index in [1.54, 1.807) is 25.1 Å². The number of nitrogens with zero attached hydrogens (tertiary/aromatic N) is 2. The molecule has 0 saturated heterocycles. The van der Waals surface area contributed by atoms with Crippen molar-refractivity contribution < 1.29 is 9.13 Å². The van der Waals surface area contributed by atoms with Crippen LogP contribution in [0.5, 0.6) is 5.75 Å². The molecule has 0 spiro atoms. The van der Waals surface area contributed by atoms with E-state index in [2.05, 4.69) is 20.6 Å². The maximum Gasteiger partial charge on any atom is 0.143 e. The van der Waals surface area contributed by atoms with Crippen LogP contribution in [0.15, 0.2) is 54.6 Å². The predicted molar refractivity (Wildman–Crippen MR) is 102 cm³/mol. The minimum Gasteiger partial charge on any atom is -0.489 e. The van der Waals surface area contributed by atoms with E-state index in [1.165, 1.54) is 12.1 Å². The predicted octanol–water partition coefficient (Wildman–Crippen LogP) is 5.20. The molecule has 5 nitrogen and oxygen atoms in total. The molecule has 0 unspecified atom stereocenters. The molecular formula is C20H21FN4O. The number of para-hydroxylation sites is 2. The number of benzene rings is 2. The molecule has 134 valence electrons. The first kappa shape index (κ1) is 17.7. The van der Waals surface area contributed by atoms with Gasteiger partial charge < -0.3 is 15.4 Å². The van der Waals surface area contributed by atoms with E-state index in [1.807, 2.05) is 38.1 Å². The molecule has 26 heavy (non-hydrogen) atoms. The lowest BCUT2D eigenvalue weighted by atomic mass is 10.3. The molecule has 3 aromatic rings. The first-order valence-corrected chi connectivity index (χ1v) is 8.40. The minimum absolute atomic E-state index is 0.0651. The number of anilines is 4. The summed E-state index contributed by atoms with van der Waals surface area (Å²) in [7, 11) is 0. The standard InChI is InChI=1S/C20H21FN4O/c1-13(2)26-18-10-5-4-9-17(18)25-20-12-19(22-14(3)23-20)24-16-8-6-7-15(21)11-16/h4-13H,1-3H3,(H2,22,23,24,25). The lowest BCUT2D eigenvalue weighted by molar-refractivity contribution is 0.244. The normalized spacial score (nSPS) is 10.7. The Balaban J connectivity index is 1.84. The highest BCUT2D eigenvalue weighted by Gasteiger charge is 2.08. The zero-order valence-electron chi connectivity index (χ0n) is 15.0. The van der Waals surface area contributed by atoms with E-state index in [-0.39, 0.29) is 11.9 Å². The number of hydrogen-bond acceptors (Lipinski definition) is 5. The second kappa shape index (κ2) is 7.82. The third-order valence-corrected chi connectivity index (χ3v) is 3.45. The van der Waals surface area contributed by atoms with Crippen LogP contribution >= 0.6 is 0 Å². The first-order chi connectivity index (χ1) is 12.5. The largest absolute Gasteiger partial charge is 0.489 e. The van der Waals surface area contributed by atoms with Crippen LogP contribution in [-0.4, -0.2) is 16.1 Å². The molecule has 0 aliphatic carbocycles. The lowest BCUT2D eigenvalue weighted by Gasteiger charge is -2.16. The van der Waals surface area contributed by atoms with Gasteiger partial charge in [0.2, 0.25) is 0 Å². The molecule has 0 aliphatic rings. The van der Waals surface area contributed by atoms with Gasteiger partial charge in [0.15, 0.2) is 0 Å². The van der Waals surface area contributed by atoms with Gasteiger partial charge in [0.05, 0.1) is 11.8 Å². The molecular weight excluding hydrogens is 331 g/mol. The fourth-order valence-corrected chi connectivity index (χ4v) is 2.47. The van der Waals surface area contributed by atoms with E-state index in [4.69, 9.17) is 4.74 Å². The number of halogens is 1. The van der Waals surface area contributed by atoms with Gasteiger partial charge in [-0.3, -0.25) is 0 Å². The summed E-state index contributed by atoms with van der Waals surface area (Å²) < 4.78 is 19.2. The summed E-state index contributed by atoms with van der Waals surface area (Å²) in [5.74, 6) is 2.23. The van der Waals surface area contributed by atoms with E-state index in [0.29, 0.717) is 23.1 Å². The van der Waals surface area contributed by atoms with Gasteiger partial charge in [-0.05, 0) is 51.1 Å². The summed E-state index contributed by atoms with van der Waals surface area (Å²) in [6.07, 6.45) is 0.0651. The highest BCUT2D eigenvalue weighted by molar-refractivity contribution is 5.67. The van der Waals surface area contributed by atoms with E-state index >= 15 is 0 Å². The molecule has 0 bridgehead atoms. The minimum atomic E-state index is -0.307. The highest BCUT2D eigenvalue weighted by Crippen LogP contribution is 2.28. The summed E-state index contributed by atoms with van der Waals surface area (Å²) in [5, 5.41) is 6.36. The second-order valence-corrected chi connectivity index (χ2v) is 6.11. The molecule has 0 saturated carbocycles. The van der Waals surface area contributed by atoms with Gasteiger partial charge in [0, 0.05) is 11.8 Å². The van der Waals surface area contributed by atoms with Gasteiger partial charge in [0.1, 0.15) is 29.0 Å². The maximum absolute atomic E-state index is 13.4. The smallest absolute Gasteiger partial charge is 0.143 e. The maximum atomic E-state index is 13.4. The number of ether oxygens (including phenoxy) is 1. The molecule has 0 fully saturated rings. The summed E-state index contributed by atoms with van der Waals surface area (Å²) in [5.41, 5.74) is 1.44. The molecule has 2 N–H and O–H groups in total. The molecule has 6 heteroatoms. The molecule has 0 aliphatic heterocycles. The molecule has 3 rings (SSSR count). The SMILES string of the molecule is Cc1nc(Nc2cccc(F)c2)cc(Nc2ccccc2OC(C)C)n1. The monoisotopic (exact) mass is 352 g/mol. The third-order valence-electron chi connectivity index (χ3n) is 3.45. The Morgan fingerprint density at radius 1 is 0.923 bits per heavy atom. The van der Waals surface area contributed by atoms with Crippen LogP contribution in [0.3, 0.4) is 0 Å². The third kappa shape index (κ3) is 4.69. The first-order valence-electron chi connectivity index (χ1n) is 8.40. The number of rotatable bonds is 6. The fraction of sp³-hybridized carbons (Fsp3) is 0.200. The summed E-state index contributed by atoms with van der Waals surface area (Å²) >= 11 is 0. The summed E-state index contributed by atoms with van der Waals surface area (Å²) in [6, 6.07) is 15.7. The Morgan fingerprint density at radius 3 is 2.38 bits per heavy atom. The van der Waals surface area contributed by atoms with Crippen molar-refractivity contribution in [1.82, 2.24) is 9.97 Å². The Morgan fingerprint density at radius 2 is 1.65 bits per heavy atom. The Hall–Kier alpha value is -3.15. The van der Waals surface area contributed by atoms with Crippen molar-refractivity contribution in [2.24, 2.45) is 0 Å². The van der Waals surface area contributed by atoms with Gasteiger partial charge in [-0.25, -0.2) is 14.4 Å². The van der Waals surface area contributed by atoms with E-state index < -0.39 is 0 Å². The van der Waals surface area contributed by atoms with Gasteiger partial charge in [-0.2, -0.15) is 0 Å². The van der Waals surface area contributed by atoms with Crippen LogP contribution in [0.2, 0.25) is 0 Å². The average Bonchev–Trinajstić information content (AvgIpc) is 2.56. The van der Waals surface area contributed by atoms with Gasteiger partial charge in [-0.1, -0.05) is 18.2 Å². The fourth-order valence-electron chi connectivity index (χ4n) is 2.47. The van der Waals surface area contributed by atoms with Crippen molar-refractivity contribution in [2.45, 2.75) is 26.9 Å². The molecule has 1 aromatic heterocycles. The van der Waals surface area contributed by atoms with Gasteiger partial charge >= 0.3 is 0 Å². The summed E-state index contributed by atoms with van der Waals surface area (Å²) in [6.45, 7) is 5.76. The van der Waals surface area contributed by atoms with E-state index in [0.717, 1.165) is 11.4 Å². The van der Waals surface area contributed by atoms with Crippen LogP contribution < -0.4 is 15.4 Å². The van der Waals surface area contributed by atoms with Crippen LogP contribution in [0.25, 0.3) is 0 Å². The number of aromatic nitrogens is 2. The second-order valence-electron chi connectivity index (χ2n) is 6.11. The molecule has 2 aromatic carbocycles. The van der Waals surface area contributed by atoms with Crippen molar-refractivity contribution in [2.75, 3.05) is 10.6 Å². The molecule has 0 amide bonds. The Labute approximate surface area is 152 Å². The quantitative estimate of drug-likeness (QED) is 0.639. The average molecular weight is 352 g/mol. The highest BCUT2D eigenvalue weighted by atomic mass is 19.1. The Kier molecular flexibility index (Phi) is 5.31. The number of hydrogen-bond donors (Lipinski definition) is 2. The van der Waals surface area contributed by atoms with Crippen molar-refractivity contribution in [3.05, 3.63) is 66.2 Å². The van der Waals surface area contributed by atoms with Crippen LogP contribution in [0, 0.1) is 12.7 Å². The number of aryl methyl sites for hydroxylation is 1. The Bertz CT molecular complexity index is 898. The van der Waals surface area contributed by atoms with Crippen molar-refractivity contribution >= 4 is 23.0 Å². The van der Waals surface area contributed by atoms with Crippen molar-refractivity contribution in [1.29, 1.82) is 0 Å². The summed E-state index contributed by atoms with van der Waals surface area (Å²) in [4.78, 5) is 8.77. The van der Waals surface area contributed by atoms with Gasteiger partial charge in [0.25, 0.3) is 0 Å². The van der Waals surface area contributed by atoms with Crippen molar-refractivity contribution in [3.8, 4) is 5.75 Å². The topological polar surface area (TPSA) is 59.1 Å². The molecule has 0 radical (unpaired) electrons.